The van der Waals surface area contributed by atoms with Crippen molar-refractivity contribution in [2.45, 2.75) is 6.54 Å². The molecule has 88 valence electrons. The molecule has 0 saturated carbocycles. The molecule has 2 rings (SSSR count). The smallest absolute Gasteiger partial charge is 0.0471 e. The number of hydrogen-bond acceptors (Lipinski definition) is 3. The van der Waals surface area contributed by atoms with Gasteiger partial charge >= 0.3 is 0 Å². The van der Waals surface area contributed by atoms with Gasteiger partial charge in [0.1, 0.15) is 0 Å². The Morgan fingerprint density at radius 1 is 1.38 bits per heavy atom. The third-order valence-electron chi connectivity index (χ3n) is 2.80. The molecule has 1 aliphatic rings. The SMILES string of the molecule is NCc1ccc(N2CCS(=O)CC2)cc1Cl. The van der Waals surface area contributed by atoms with Crippen LogP contribution in [-0.4, -0.2) is 28.8 Å². The molecular weight excluding hydrogens is 244 g/mol. The van der Waals surface area contributed by atoms with Gasteiger partial charge in [-0.1, -0.05) is 17.7 Å². The van der Waals surface area contributed by atoms with Crippen LogP contribution >= 0.6 is 11.6 Å². The fraction of sp³-hybridized carbons (Fsp3) is 0.455. The predicted octanol–water partition coefficient (Wildman–Crippen LogP) is 1.37. The summed E-state index contributed by atoms with van der Waals surface area (Å²) in [5.41, 5.74) is 7.62. The zero-order valence-corrected chi connectivity index (χ0v) is 10.6. The standard InChI is InChI=1S/C11H15ClN2OS/c12-11-7-10(2-1-9(11)8-13)14-3-5-16(15)6-4-14/h1-2,7H,3-6,8,13H2. The van der Waals surface area contributed by atoms with Crippen LogP contribution in [0, 0.1) is 0 Å². The Morgan fingerprint density at radius 2 is 2.06 bits per heavy atom. The molecule has 1 fully saturated rings. The summed E-state index contributed by atoms with van der Waals surface area (Å²) in [6.07, 6.45) is 0. The maximum Gasteiger partial charge on any atom is 0.0471 e. The predicted molar refractivity (Wildman–Crippen MR) is 69.4 cm³/mol. The molecule has 0 bridgehead atoms. The minimum atomic E-state index is -0.641. The Balaban J connectivity index is 2.15. The van der Waals surface area contributed by atoms with E-state index >= 15 is 0 Å². The van der Waals surface area contributed by atoms with Crippen LogP contribution in [0.2, 0.25) is 5.02 Å². The Kier molecular flexibility index (Phi) is 3.84. The van der Waals surface area contributed by atoms with Crippen molar-refractivity contribution in [1.82, 2.24) is 0 Å². The van der Waals surface area contributed by atoms with Crippen LogP contribution < -0.4 is 10.6 Å². The van der Waals surface area contributed by atoms with Gasteiger partial charge in [-0.05, 0) is 17.7 Å². The quantitative estimate of drug-likeness (QED) is 0.872. The van der Waals surface area contributed by atoms with Crippen molar-refractivity contribution < 1.29 is 4.21 Å². The summed E-state index contributed by atoms with van der Waals surface area (Å²) in [6.45, 7) is 2.14. The van der Waals surface area contributed by atoms with Gasteiger partial charge in [0.25, 0.3) is 0 Å². The molecule has 1 saturated heterocycles. The van der Waals surface area contributed by atoms with Gasteiger partial charge in [-0.15, -0.1) is 0 Å². The molecule has 0 aromatic heterocycles. The van der Waals surface area contributed by atoms with Crippen LogP contribution in [0.3, 0.4) is 0 Å². The first-order chi connectivity index (χ1) is 7.70. The van der Waals surface area contributed by atoms with Crippen LogP contribution in [0.5, 0.6) is 0 Å². The fourth-order valence-electron chi connectivity index (χ4n) is 1.79. The molecule has 1 aliphatic heterocycles. The molecular formula is C11H15ClN2OS. The van der Waals surface area contributed by atoms with Crippen molar-refractivity contribution in [3.05, 3.63) is 28.8 Å². The molecule has 1 heterocycles. The van der Waals surface area contributed by atoms with Crippen molar-refractivity contribution in [2.75, 3.05) is 29.5 Å². The van der Waals surface area contributed by atoms with Crippen molar-refractivity contribution in [2.24, 2.45) is 5.73 Å². The Labute approximate surface area is 103 Å². The highest BCUT2D eigenvalue weighted by Crippen LogP contribution is 2.24. The third kappa shape index (κ3) is 2.56. The monoisotopic (exact) mass is 258 g/mol. The van der Waals surface area contributed by atoms with Crippen LogP contribution in [-0.2, 0) is 17.3 Å². The van der Waals surface area contributed by atoms with Gasteiger partial charge in [-0.3, -0.25) is 4.21 Å². The van der Waals surface area contributed by atoms with Gasteiger partial charge in [-0.2, -0.15) is 0 Å². The lowest BCUT2D eigenvalue weighted by Gasteiger charge is -2.28. The van der Waals surface area contributed by atoms with E-state index in [4.69, 9.17) is 17.3 Å². The second kappa shape index (κ2) is 5.17. The zero-order chi connectivity index (χ0) is 11.5. The van der Waals surface area contributed by atoms with Gasteiger partial charge in [0.15, 0.2) is 0 Å². The summed E-state index contributed by atoms with van der Waals surface area (Å²) in [5, 5.41) is 0.715. The molecule has 0 spiro atoms. The van der Waals surface area contributed by atoms with Crippen LogP contribution in [0.25, 0.3) is 0 Å². The van der Waals surface area contributed by atoms with E-state index in [9.17, 15) is 4.21 Å². The van der Waals surface area contributed by atoms with E-state index in [0.717, 1.165) is 35.8 Å². The van der Waals surface area contributed by atoms with E-state index < -0.39 is 10.8 Å². The Bertz CT molecular complexity index is 401. The van der Waals surface area contributed by atoms with Gasteiger partial charge in [0.05, 0.1) is 0 Å². The van der Waals surface area contributed by atoms with Crippen molar-refractivity contribution in [1.29, 1.82) is 0 Å². The number of anilines is 1. The summed E-state index contributed by atoms with van der Waals surface area (Å²) in [6, 6.07) is 5.93. The van der Waals surface area contributed by atoms with E-state index in [-0.39, 0.29) is 0 Å². The van der Waals surface area contributed by atoms with E-state index in [1.165, 1.54) is 0 Å². The van der Waals surface area contributed by atoms with Gasteiger partial charge in [-0.25, -0.2) is 0 Å². The zero-order valence-electron chi connectivity index (χ0n) is 8.99. The van der Waals surface area contributed by atoms with E-state index in [1.807, 2.05) is 18.2 Å². The van der Waals surface area contributed by atoms with Crippen molar-refractivity contribution in [3.8, 4) is 0 Å². The lowest BCUT2D eigenvalue weighted by atomic mass is 10.2. The maximum absolute atomic E-state index is 11.2. The molecule has 0 radical (unpaired) electrons. The summed E-state index contributed by atoms with van der Waals surface area (Å²) in [5.74, 6) is 1.49. The van der Waals surface area contributed by atoms with E-state index in [0.29, 0.717) is 11.6 Å². The molecule has 0 amide bonds. The number of halogens is 1. The van der Waals surface area contributed by atoms with Crippen LogP contribution in [0.15, 0.2) is 18.2 Å². The topological polar surface area (TPSA) is 46.3 Å². The average molecular weight is 259 g/mol. The highest BCUT2D eigenvalue weighted by atomic mass is 35.5. The lowest BCUT2D eigenvalue weighted by molar-refractivity contribution is 0.673. The van der Waals surface area contributed by atoms with Crippen molar-refractivity contribution >= 4 is 28.1 Å². The first-order valence-electron chi connectivity index (χ1n) is 5.29. The maximum atomic E-state index is 11.2. The third-order valence-corrected chi connectivity index (χ3v) is 4.43. The molecule has 16 heavy (non-hydrogen) atoms. The van der Waals surface area contributed by atoms with Gasteiger partial charge < -0.3 is 10.6 Å². The molecule has 5 heteroatoms. The molecule has 2 N–H and O–H groups in total. The number of benzene rings is 1. The van der Waals surface area contributed by atoms with Crippen LogP contribution in [0.1, 0.15) is 5.56 Å². The van der Waals surface area contributed by atoms with Gasteiger partial charge in [0.2, 0.25) is 0 Å². The summed E-state index contributed by atoms with van der Waals surface area (Å²) < 4.78 is 11.2. The normalized spacial score (nSPS) is 17.8. The second-order valence-corrected chi connectivity index (χ2v) is 5.92. The Hall–Kier alpha value is -0.580. The first-order valence-corrected chi connectivity index (χ1v) is 7.15. The van der Waals surface area contributed by atoms with Gasteiger partial charge in [0, 0.05) is 52.6 Å². The number of hydrogen-bond donors (Lipinski definition) is 1. The molecule has 1 aromatic carbocycles. The highest BCUT2D eigenvalue weighted by molar-refractivity contribution is 7.85. The Morgan fingerprint density at radius 3 is 2.62 bits per heavy atom. The summed E-state index contributed by atoms with van der Waals surface area (Å²) >= 11 is 6.11. The number of nitrogens with two attached hydrogens (primary N) is 1. The van der Waals surface area contributed by atoms with E-state index in [2.05, 4.69) is 4.90 Å². The number of nitrogens with zero attached hydrogens (tertiary/aromatic N) is 1. The summed E-state index contributed by atoms with van der Waals surface area (Å²) in [4.78, 5) is 2.22. The minimum Gasteiger partial charge on any atom is -0.370 e. The lowest BCUT2D eigenvalue weighted by Crippen LogP contribution is -2.37. The van der Waals surface area contributed by atoms with Crippen molar-refractivity contribution in [3.63, 3.8) is 0 Å². The fourth-order valence-corrected chi connectivity index (χ4v) is 3.10. The molecule has 1 aromatic rings. The van der Waals surface area contributed by atoms with E-state index in [1.54, 1.807) is 0 Å². The largest absolute Gasteiger partial charge is 0.370 e. The molecule has 0 aliphatic carbocycles. The molecule has 3 nitrogen and oxygen atoms in total. The average Bonchev–Trinajstić information content (AvgIpc) is 2.30. The molecule has 0 atom stereocenters. The number of rotatable bonds is 2. The minimum absolute atomic E-state index is 0.461. The first kappa shape index (κ1) is 11.9. The highest BCUT2D eigenvalue weighted by Gasteiger charge is 2.15. The second-order valence-electron chi connectivity index (χ2n) is 3.81. The van der Waals surface area contributed by atoms with Crippen LogP contribution in [0.4, 0.5) is 5.69 Å². The summed E-state index contributed by atoms with van der Waals surface area (Å²) in [7, 11) is -0.641. The molecule has 0 unspecified atom stereocenters.